The molecule has 0 aliphatic carbocycles. The summed E-state index contributed by atoms with van der Waals surface area (Å²) in [5, 5.41) is 0. The number of esters is 1. The van der Waals surface area contributed by atoms with Gasteiger partial charge in [0, 0.05) is 6.92 Å². The van der Waals surface area contributed by atoms with Gasteiger partial charge in [-0.1, -0.05) is 18.2 Å². The lowest BCUT2D eigenvalue weighted by atomic mass is 10.3. The summed E-state index contributed by atoms with van der Waals surface area (Å²) in [7, 11) is 0. The third kappa shape index (κ3) is 4.00. The van der Waals surface area contributed by atoms with E-state index in [9.17, 15) is 9.59 Å². The molecule has 1 rings (SSSR count). The molecule has 86 valence electrons. The Morgan fingerprint density at radius 3 is 2.44 bits per heavy atom. The Morgan fingerprint density at radius 1 is 1.31 bits per heavy atom. The van der Waals surface area contributed by atoms with Crippen LogP contribution in [0, 0.1) is 0 Å². The highest BCUT2D eigenvalue weighted by Crippen LogP contribution is 2.09. The molecule has 0 spiro atoms. The summed E-state index contributed by atoms with van der Waals surface area (Å²) in [5.74, 6) is -0.715. The Balaban J connectivity index is 2.50. The lowest BCUT2D eigenvalue weighted by molar-refractivity contribution is -0.154. The first-order valence-electron chi connectivity index (χ1n) is 4.74. The predicted octanol–water partition coefficient (Wildman–Crippen LogP) is 0.482. The van der Waals surface area contributed by atoms with E-state index in [0.29, 0.717) is 5.75 Å². The van der Waals surface area contributed by atoms with Gasteiger partial charge in [-0.25, -0.2) is 0 Å². The van der Waals surface area contributed by atoms with Crippen molar-refractivity contribution in [3.63, 3.8) is 0 Å². The van der Waals surface area contributed by atoms with E-state index in [1.165, 1.54) is 6.92 Å². The summed E-state index contributed by atoms with van der Waals surface area (Å²) in [6.07, 6.45) is -1.06. The SMILES string of the molecule is CC(=O)OC(COc1ccccc1)C(N)=O. The van der Waals surface area contributed by atoms with Crippen molar-refractivity contribution in [3.05, 3.63) is 30.3 Å². The number of hydrogen-bond acceptors (Lipinski definition) is 4. The van der Waals surface area contributed by atoms with Gasteiger partial charge in [0.15, 0.2) is 0 Å². The van der Waals surface area contributed by atoms with Crippen molar-refractivity contribution in [1.29, 1.82) is 0 Å². The van der Waals surface area contributed by atoms with Gasteiger partial charge in [-0.2, -0.15) is 0 Å². The maximum Gasteiger partial charge on any atom is 0.303 e. The van der Waals surface area contributed by atoms with Crippen LogP contribution in [0.25, 0.3) is 0 Å². The molecular weight excluding hydrogens is 210 g/mol. The summed E-state index contributed by atoms with van der Waals surface area (Å²) < 4.78 is 9.95. The number of benzene rings is 1. The van der Waals surface area contributed by atoms with Crippen LogP contribution in [-0.2, 0) is 14.3 Å². The molecule has 2 N–H and O–H groups in total. The van der Waals surface area contributed by atoms with Crippen LogP contribution in [0.4, 0.5) is 0 Å². The van der Waals surface area contributed by atoms with Gasteiger partial charge >= 0.3 is 5.97 Å². The number of amides is 1. The van der Waals surface area contributed by atoms with Crippen LogP contribution in [0.5, 0.6) is 5.75 Å². The molecule has 1 aromatic rings. The second kappa shape index (κ2) is 5.75. The first-order valence-corrected chi connectivity index (χ1v) is 4.74. The van der Waals surface area contributed by atoms with E-state index in [-0.39, 0.29) is 6.61 Å². The van der Waals surface area contributed by atoms with E-state index >= 15 is 0 Å². The molecule has 0 fully saturated rings. The number of primary amides is 1. The third-order valence-electron chi connectivity index (χ3n) is 1.77. The van der Waals surface area contributed by atoms with Crippen LogP contribution in [0.2, 0.25) is 0 Å². The Bertz CT molecular complexity index is 364. The summed E-state index contributed by atoms with van der Waals surface area (Å²) in [4.78, 5) is 21.6. The van der Waals surface area contributed by atoms with Crippen LogP contribution in [0.1, 0.15) is 6.92 Å². The van der Waals surface area contributed by atoms with Crippen molar-refractivity contribution in [2.24, 2.45) is 5.73 Å². The van der Waals surface area contributed by atoms with Crippen LogP contribution in [0.3, 0.4) is 0 Å². The molecule has 5 heteroatoms. The Kier molecular flexibility index (Phi) is 4.32. The summed E-state index contributed by atoms with van der Waals surface area (Å²) in [5.41, 5.74) is 5.05. The normalized spacial score (nSPS) is 11.6. The largest absolute Gasteiger partial charge is 0.489 e. The van der Waals surface area contributed by atoms with E-state index in [1.54, 1.807) is 24.3 Å². The second-order valence-electron chi connectivity index (χ2n) is 3.12. The molecule has 1 atom stereocenters. The van der Waals surface area contributed by atoms with Gasteiger partial charge in [-0.15, -0.1) is 0 Å². The molecule has 0 aliphatic rings. The quantitative estimate of drug-likeness (QED) is 0.736. The molecule has 0 aliphatic heterocycles. The summed E-state index contributed by atoms with van der Waals surface area (Å²) >= 11 is 0. The van der Waals surface area contributed by atoms with Crippen molar-refractivity contribution < 1.29 is 19.1 Å². The van der Waals surface area contributed by atoms with Gasteiger partial charge < -0.3 is 15.2 Å². The van der Waals surface area contributed by atoms with Crippen LogP contribution < -0.4 is 10.5 Å². The van der Waals surface area contributed by atoms with Crippen molar-refractivity contribution in [3.8, 4) is 5.75 Å². The molecule has 0 saturated heterocycles. The van der Waals surface area contributed by atoms with E-state index < -0.39 is 18.0 Å². The van der Waals surface area contributed by atoms with E-state index in [2.05, 4.69) is 0 Å². The highest BCUT2D eigenvalue weighted by Gasteiger charge is 2.19. The molecule has 0 bridgehead atoms. The molecule has 1 amide bonds. The molecular formula is C11H13NO4. The average molecular weight is 223 g/mol. The number of carbonyl (C=O) groups excluding carboxylic acids is 2. The molecule has 0 radical (unpaired) electrons. The Morgan fingerprint density at radius 2 is 1.94 bits per heavy atom. The first-order chi connectivity index (χ1) is 7.59. The van der Waals surface area contributed by atoms with E-state index in [1.807, 2.05) is 6.07 Å². The fourth-order valence-electron chi connectivity index (χ4n) is 1.06. The maximum absolute atomic E-state index is 10.9. The summed E-state index contributed by atoms with van der Waals surface area (Å²) in [6.45, 7) is 1.12. The van der Waals surface area contributed by atoms with Gasteiger partial charge in [-0.3, -0.25) is 9.59 Å². The van der Waals surface area contributed by atoms with E-state index in [4.69, 9.17) is 15.2 Å². The minimum atomic E-state index is -1.06. The van der Waals surface area contributed by atoms with E-state index in [0.717, 1.165) is 0 Å². The fraction of sp³-hybridized carbons (Fsp3) is 0.273. The number of carbonyl (C=O) groups is 2. The number of rotatable bonds is 5. The lowest BCUT2D eigenvalue weighted by Gasteiger charge is -2.14. The van der Waals surface area contributed by atoms with Crippen molar-refractivity contribution in [2.45, 2.75) is 13.0 Å². The van der Waals surface area contributed by atoms with Gasteiger partial charge in [0.1, 0.15) is 12.4 Å². The third-order valence-corrected chi connectivity index (χ3v) is 1.77. The molecule has 0 saturated carbocycles. The van der Waals surface area contributed by atoms with Gasteiger partial charge in [0.2, 0.25) is 6.10 Å². The number of para-hydroxylation sites is 1. The predicted molar refractivity (Wildman–Crippen MR) is 56.7 cm³/mol. The van der Waals surface area contributed by atoms with Crippen LogP contribution in [-0.4, -0.2) is 24.6 Å². The van der Waals surface area contributed by atoms with Gasteiger partial charge in [0.05, 0.1) is 0 Å². The van der Waals surface area contributed by atoms with Gasteiger partial charge in [-0.05, 0) is 12.1 Å². The zero-order valence-electron chi connectivity index (χ0n) is 8.88. The smallest absolute Gasteiger partial charge is 0.303 e. The van der Waals surface area contributed by atoms with Crippen molar-refractivity contribution in [2.75, 3.05) is 6.61 Å². The summed E-state index contributed by atoms with van der Waals surface area (Å²) in [6, 6.07) is 8.88. The topological polar surface area (TPSA) is 78.6 Å². The molecule has 5 nitrogen and oxygen atoms in total. The Labute approximate surface area is 93.1 Å². The number of nitrogens with two attached hydrogens (primary N) is 1. The monoisotopic (exact) mass is 223 g/mol. The van der Waals surface area contributed by atoms with Gasteiger partial charge in [0.25, 0.3) is 5.91 Å². The zero-order valence-corrected chi connectivity index (χ0v) is 8.88. The Hall–Kier alpha value is -2.04. The standard InChI is InChI=1S/C11H13NO4/c1-8(13)16-10(11(12)14)7-15-9-5-3-2-4-6-9/h2-6,10H,7H2,1H3,(H2,12,14). The number of hydrogen-bond donors (Lipinski definition) is 1. The molecule has 0 heterocycles. The van der Waals surface area contributed by atoms with Crippen LogP contribution >= 0.6 is 0 Å². The molecule has 1 unspecified atom stereocenters. The second-order valence-corrected chi connectivity index (χ2v) is 3.12. The molecule has 1 aromatic carbocycles. The maximum atomic E-state index is 10.9. The lowest BCUT2D eigenvalue weighted by Crippen LogP contribution is -2.37. The van der Waals surface area contributed by atoms with Crippen molar-refractivity contribution in [1.82, 2.24) is 0 Å². The average Bonchev–Trinajstić information content (AvgIpc) is 2.25. The van der Waals surface area contributed by atoms with Crippen molar-refractivity contribution >= 4 is 11.9 Å². The highest BCUT2D eigenvalue weighted by atomic mass is 16.6. The minimum absolute atomic E-state index is 0.0844. The minimum Gasteiger partial charge on any atom is -0.489 e. The zero-order chi connectivity index (χ0) is 12.0. The number of ether oxygens (including phenoxy) is 2. The van der Waals surface area contributed by atoms with Crippen LogP contribution in [0.15, 0.2) is 30.3 Å². The fourth-order valence-corrected chi connectivity index (χ4v) is 1.06. The highest BCUT2D eigenvalue weighted by molar-refractivity contribution is 5.81. The first kappa shape index (κ1) is 12.0. The molecule has 16 heavy (non-hydrogen) atoms. The molecule has 0 aromatic heterocycles.